The molecule has 2 rings (SSSR count). The van der Waals surface area contributed by atoms with E-state index in [1.165, 1.54) is 0 Å². The van der Waals surface area contributed by atoms with E-state index in [2.05, 4.69) is 5.32 Å². The number of hydrogen-bond donors (Lipinski definition) is 2. The molecule has 4 nitrogen and oxygen atoms in total. The number of amides is 1. The molecule has 1 aliphatic rings. The monoisotopic (exact) mass is 249 g/mol. The first-order chi connectivity index (χ1) is 8.69. The Morgan fingerprint density at radius 3 is 2.67 bits per heavy atom. The van der Waals surface area contributed by atoms with E-state index in [4.69, 9.17) is 4.74 Å². The summed E-state index contributed by atoms with van der Waals surface area (Å²) in [4.78, 5) is 12.0. The summed E-state index contributed by atoms with van der Waals surface area (Å²) < 4.78 is 5.05. The first-order valence-corrected chi connectivity index (χ1v) is 6.32. The second-order valence-corrected chi connectivity index (χ2v) is 4.72. The normalized spacial score (nSPS) is 23.4. The van der Waals surface area contributed by atoms with E-state index in [0.717, 1.165) is 25.0 Å². The summed E-state index contributed by atoms with van der Waals surface area (Å²) in [5, 5.41) is 12.5. The lowest BCUT2D eigenvalue weighted by molar-refractivity contribution is 0.0850. The van der Waals surface area contributed by atoms with Gasteiger partial charge in [-0.15, -0.1) is 0 Å². The SMILES string of the molecule is COc1ccc(C(=O)N[C@@H]2CCC[C@@H](O)C2)cc1. The van der Waals surface area contributed by atoms with E-state index in [0.29, 0.717) is 12.0 Å². The van der Waals surface area contributed by atoms with Crippen LogP contribution in [0.4, 0.5) is 0 Å². The van der Waals surface area contributed by atoms with Gasteiger partial charge in [0.2, 0.25) is 0 Å². The zero-order valence-corrected chi connectivity index (χ0v) is 10.6. The fourth-order valence-corrected chi connectivity index (χ4v) is 2.31. The summed E-state index contributed by atoms with van der Waals surface area (Å²) in [6.07, 6.45) is 3.13. The maximum Gasteiger partial charge on any atom is 0.251 e. The Hall–Kier alpha value is -1.55. The van der Waals surface area contributed by atoms with E-state index in [1.54, 1.807) is 31.4 Å². The molecule has 1 aromatic rings. The van der Waals surface area contributed by atoms with E-state index in [1.807, 2.05) is 0 Å². The van der Waals surface area contributed by atoms with Crippen LogP contribution in [-0.2, 0) is 0 Å². The largest absolute Gasteiger partial charge is 0.497 e. The van der Waals surface area contributed by atoms with Gasteiger partial charge in [-0.25, -0.2) is 0 Å². The highest BCUT2D eigenvalue weighted by Crippen LogP contribution is 2.19. The molecule has 1 fully saturated rings. The molecule has 0 heterocycles. The molecular formula is C14H19NO3. The quantitative estimate of drug-likeness (QED) is 0.857. The third-order valence-corrected chi connectivity index (χ3v) is 3.33. The van der Waals surface area contributed by atoms with E-state index in [-0.39, 0.29) is 18.1 Å². The average Bonchev–Trinajstić information content (AvgIpc) is 2.39. The number of ether oxygens (including phenoxy) is 1. The van der Waals surface area contributed by atoms with Crippen molar-refractivity contribution in [2.24, 2.45) is 0 Å². The van der Waals surface area contributed by atoms with E-state index in [9.17, 15) is 9.90 Å². The van der Waals surface area contributed by atoms with Crippen LogP contribution in [0.25, 0.3) is 0 Å². The van der Waals surface area contributed by atoms with Crippen molar-refractivity contribution in [2.45, 2.75) is 37.8 Å². The van der Waals surface area contributed by atoms with Crippen molar-refractivity contribution < 1.29 is 14.6 Å². The maximum absolute atomic E-state index is 12.0. The molecular weight excluding hydrogens is 230 g/mol. The van der Waals surface area contributed by atoms with Gasteiger partial charge in [-0.3, -0.25) is 4.79 Å². The first-order valence-electron chi connectivity index (χ1n) is 6.32. The van der Waals surface area contributed by atoms with Crippen LogP contribution in [0.5, 0.6) is 5.75 Å². The number of benzene rings is 1. The lowest BCUT2D eigenvalue weighted by Crippen LogP contribution is -2.39. The van der Waals surface area contributed by atoms with Crippen molar-refractivity contribution in [3.8, 4) is 5.75 Å². The molecule has 0 spiro atoms. The van der Waals surface area contributed by atoms with Crippen LogP contribution in [0.1, 0.15) is 36.0 Å². The zero-order valence-electron chi connectivity index (χ0n) is 10.6. The molecule has 0 saturated heterocycles. The van der Waals surface area contributed by atoms with Gasteiger partial charge >= 0.3 is 0 Å². The maximum atomic E-state index is 12.0. The topological polar surface area (TPSA) is 58.6 Å². The van der Waals surface area contributed by atoms with Gasteiger partial charge < -0.3 is 15.2 Å². The number of nitrogens with one attached hydrogen (secondary N) is 1. The Morgan fingerprint density at radius 1 is 1.33 bits per heavy atom. The highest BCUT2D eigenvalue weighted by molar-refractivity contribution is 5.94. The Kier molecular flexibility index (Phi) is 4.20. The van der Waals surface area contributed by atoms with Crippen LogP contribution in [0, 0.1) is 0 Å². The number of rotatable bonds is 3. The van der Waals surface area contributed by atoms with Crippen LogP contribution >= 0.6 is 0 Å². The Balaban J connectivity index is 1.94. The van der Waals surface area contributed by atoms with E-state index < -0.39 is 0 Å². The predicted molar refractivity (Wildman–Crippen MR) is 68.7 cm³/mol. The first kappa shape index (κ1) is 12.9. The number of hydrogen-bond acceptors (Lipinski definition) is 3. The summed E-state index contributed by atoms with van der Waals surface area (Å²) >= 11 is 0. The van der Waals surface area contributed by atoms with Crippen LogP contribution in [0.3, 0.4) is 0 Å². The summed E-state index contributed by atoms with van der Waals surface area (Å²) in [5.41, 5.74) is 0.621. The molecule has 0 aromatic heterocycles. The molecule has 1 aliphatic carbocycles. The minimum absolute atomic E-state index is 0.0863. The van der Waals surface area contributed by atoms with E-state index >= 15 is 0 Å². The van der Waals surface area contributed by atoms with Crippen molar-refractivity contribution in [1.29, 1.82) is 0 Å². The molecule has 2 atom stereocenters. The Labute approximate surface area is 107 Å². The number of aliphatic hydroxyl groups excluding tert-OH is 1. The Bertz CT molecular complexity index is 402. The highest BCUT2D eigenvalue weighted by Gasteiger charge is 2.21. The van der Waals surface area contributed by atoms with Crippen LogP contribution in [-0.4, -0.2) is 30.3 Å². The van der Waals surface area contributed by atoms with Crippen molar-refractivity contribution in [3.63, 3.8) is 0 Å². The molecule has 1 amide bonds. The van der Waals surface area contributed by atoms with Crippen LogP contribution in [0.15, 0.2) is 24.3 Å². The van der Waals surface area contributed by atoms with Gasteiger partial charge in [0, 0.05) is 11.6 Å². The lowest BCUT2D eigenvalue weighted by atomic mass is 9.93. The number of carbonyl (C=O) groups excluding carboxylic acids is 1. The van der Waals surface area contributed by atoms with Gasteiger partial charge in [0.05, 0.1) is 13.2 Å². The van der Waals surface area contributed by atoms with Gasteiger partial charge in [-0.1, -0.05) is 0 Å². The third kappa shape index (κ3) is 3.23. The molecule has 1 aromatic carbocycles. The molecule has 1 saturated carbocycles. The molecule has 18 heavy (non-hydrogen) atoms. The number of carbonyl (C=O) groups is 1. The second-order valence-electron chi connectivity index (χ2n) is 4.72. The summed E-state index contributed by atoms with van der Waals surface area (Å²) in [7, 11) is 1.60. The molecule has 0 unspecified atom stereocenters. The minimum atomic E-state index is -0.278. The summed E-state index contributed by atoms with van der Waals surface area (Å²) in [6.45, 7) is 0. The average molecular weight is 249 g/mol. The van der Waals surface area contributed by atoms with Crippen LogP contribution < -0.4 is 10.1 Å². The highest BCUT2D eigenvalue weighted by atomic mass is 16.5. The minimum Gasteiger partial charge on any atom is -0.497 e. The van der Waals surface area contributed by atoms with Crippen LogP contribution in [0.2, 0.25) is 0 Å². The van der Waals surface area contributed by atoms with Gasteiger partial charge in [0.25, 0.3) is 5.91 Å². The van der Waals surface area contributed by atoms with Gasteiger partial charge in [-0.2, -0.15) is 0 Å². The summed E-state index contributed by atoms with van der Waals surface area (Å²) in [5.74, 6) is 0.649. The third-order valence-electron chi connectivity index (χ3n) is 3.33. The van der Waals surface area contributed by atoms with Gasteiger partial charge in [0.1, 0.15) is 5.75 Å². The number of methoxy groups -OCH3 is 1. The standard InChI is InChI=1S/C14H19NO3/c1-18-13-7-5-10(6-8-13)14(17)15-11-3-2-4-12(16)9-11/h5-8,11-12,16H,2-4,9H2,1H3,(H,15,17)/t11-,12-/m1/s1. The molecule has 2 N–H and O–H groups in total. The van der Waals surface area contributed by atoms with Gasteiger partial charge in [0.15, 0.2) is 0 Å². The predicted octanol–water partition coefficient (Wildman–Crippen LogP) is 1.73. The smallest absolute Gasteiger partial charge is 0.251 e. The Morgan fingerprint density at radius 2 is 2.06 bits per heavy atom. The molecule has 0 radical (unpaired) electrons. The van der Waals surface area contributed by atoms with Crippen molar-refractivity contribution in [1.82, 2.24) is 5.32 Å². The summed E-state index contributed by atoms with van der Waals surface area (Å²) in [6, 6.07) is 7.11. The molecule has 4 heteroatoms. The molecule has 98 valence electrons. The second kappa shape index (κ2) is 5.87. The fraction of sp³-hybridized carbons (Fsp3) is 0.500. The molecule has 0 bridgehead atoms. The fourth-order valence-electron chi connectivity index (χ4n) is 2.31. The lowest BCUT2D eigenvalue weighted by Gasteiger charge is -2.26. The van der Waals surface area contributed by atoms with Gasteiger partial charge in [-0.05, 0) is 49.9 Å². The van der Waals surface area contributed by atoms with Crippen molar-refractivity contribution in [3.05, 3.63) is 29.8 Å². The zero-order chi connectivity index (χ0) is 13.0. The number of aliphatic hydroxyl groups is 1. The van der Waals surface area contributed by atoms with Crippen molar-refractivity contribution in [2.75, 3.05) is 7.11 Å². The van der Waals surface area contributed by atoms with Crippen molar-refractivity contribution >= 4 is 5.91 Å². The molecule has 0 aliphatic heterocycles.